The summed E-state index contributed by atoms with van der Waals surface area (Å²) in [6.07, 6.45) is 3.88. The van der Waals surface area contributed by atoms with E-state index in [1.807, 2.05) is 12.1 Å². The minimum atomic E-state index is -0.303. The molecule has 0 saturated heterocycles. The lowest BCUT2D eigenvalue weighted by Crippen LogP contribution is -2.13. The Morgan fingerprint density at radius 2 is 2.18 bits per heavy atom. The molecular weight excluding hydrogens is 239 g/mol. The number of pyridine rings is 1. The molecule has 17 heavy (non-hydrogen) atoms. The number of rotatable bonds is 3. The molecule has 2 N–H and O–H groups in total. The third-order valence-electron chi connectivity index (χ3n) is 2.56. The zero-order valence-corrected chi connectivity index (χ0v) is 9.86. The summed E-state index contributed by atoms with van der Waals surface area (Å²) < 4.78 is 13.1. The minimum Gasteiger partial charge on any atom is -0.324 e. The lowest BCUT2D eigenvalue weighted by Gasteiger charge is -2.12. The van der Waals surface area contributed by atoms with Gasteiger partial charge in [0.05, 0.1) is 0 Å². The lowest BCUT2D eigenvalue weighted by atomic mass is 10.0. The first-order chi connectivity index (χ1) is 8.16. The standard InChI is InChI=1S/C13H12ClFN2/c14-12-4-3-11(15)6-10(12)7-13(16)9-2-1-5-17-8-9/h1-6,8,13H,7,16H2. The summed E-state index contributed by atoms with van der Waals surface area (Å²) in [5.41, 5.74) is 7.65. The third kappa shape index (κ3) is 3.02. The Morgan fingerprint density at radius 3 is 2.88 bits per heavy atom. The van der Waals surface area contributed by atoms with Crippen molar-refractivity contribution < 1.29 is 4.39 Å². The minimum absolute atomic E-state index is 0.233. The smallest absolute Gasteiger partial charge is 0.123 e. The fourth-order valence-corrected chi connectivity index (χ4v) is 1.84. The van der Waals surface area contributed by atoms with Crippen LogP contribution < -0.4 is 5.73 Å². The molecule has 1 heterocycles. The van der Waals surface area contributed by atoms with Crippen LogP contribution in [0.1, 0.15) is 17.2 Å². The van der Waals surface area contributed by atoms with Crippen molar-refractivity contribution in [3.8, 4) is 0 Å². The first-order valence-corrected chi connectivity index (χ1v) is 5.64. The fourth-order valence-electron chi connectivity index (χ4n) is 1.65. The van der Waals surface area contributed by atoms with Gasteiger partial charge in [0.15, 0.2) is 0 Å². The fraction of sp³-hybridized carbons (Fsp3) is 0.154. The van der Waals surface area contributed by atoms with Gasteiger partial charge in [-0.3, -0.25) is 4.98 Å². The van der Waals surface area contributed by atoms with Crippen LogP contribution in [0.15, 0.2) is 42.7 Å². The van der Waals surface area contributed by atoms with Crippen LogP contribution in [0, 0.1) is 5.82 Å². The van der Waals surface area contributed by atoms with Gasteiger partial charge in [-0.1, -0.05) is 17.7 Å². The summed E-state index contributed by atoms with van der Waals surface area (Å²) in [6, 6.07) is 7.78. The van der Waals surface area contributed by atoms with Crippen LogP contribution in [0.3, 0.4) is 0 Å². The van der Waals surface area contributed by atoms with E-state index in [9.17, 15) is 4.39 Å². The van der Waals surface area contributed by atoms with Crippen LogP contribution in [-0.4, -0.2) is 4.98 Å². The van der Waals surface area contributed by atoms with Gasteiger partial charge in [-0.25, -0.2) is 4.39 Å². The molecule has 88 valence electrons. The molecule has 0 aliphatic heterocycles. The molecule has 2 nitrogen and oxygen atoms in total. The number of hydrogen-bond donors (Lipinski definition) is 1. The molecule has 1 unspecified atom stereocenters. The lowest BCUT2D eigenvalue weighted by molar-refractivity contribution is 0.622. The molecule has 2 aromatic rings. The molecular formula is C13H12ClFN2. The average molecular weight is 251 g/mol. The van der Waals surface area contributed by atoms with Crippen LogP contribution in [0.2, 0.25) is 5.02 Å². The largest absolute Gasteiger partial charge is 0.324 e. The maximum atomic E-state index is 13.1. The Morgan fingerprint density at radius 1 is 1.35 bits per heavy atom. The van der Waals surface area contributed by atoms with Crippen LogP contribution in [0.25, 0.3) is 0 Å². The highest BCUT2D eigenvalue weighted by Crippen LogP contribution is 2.22. The molecule has 0 fully saturated rings. The van der Waals surface area contributed by atoms with Crippen molar-refractivity contribution >= 4 is 11.6 Å². The molecule has 1 aromatic carbocycles. The van der Waals surface area contributed by atoms with Gasteiger partial charge in [0, 0.05) is 23.5 Å². The molecule has 0 spiro atoms. The Kier molecular flexibility index (Phi) is 3.71. The number of nitrogens with zero attached hydrogens (tertiary/aromatic N) is 1. The Hall–Kier alpha value is -1.45. The van der Waals surface area contributed by atoms with Gasteiger partial charge in [0.25, 0.3) is 0 Å². The van der Waals surface area contributed by atoms with E-state index in [2.05, 4.69) is 4.98 Å². The van der Waals surface area contributed by atoms with Gasteiger partial charge in [0.2, 0.25) is 0 Å². The first kappa shape index (κ1) is 12.0. The number of hydrogen-bond acceptors (Lipinski definition) is 2. The first-order valence-electron chi connectivity index (χ1n) is 5.26. The number of halogens is 2. The normalized spacial score (nSPS) is 12.4. The van der Waals surface area contributed by atoms with Crippen LogP contribution >= 0.6 is 11.6 Å². The second kappa shape index (κ2) is 5.25. The Labute approximate surface area is 104 Å². The highest BCUT2D eigenvalue weighted by atomic mass is 35.5. The van der Waals surface area contributed by atoms with Gasteiger partial charge >= 0.3 is 0 Å². The molecule has 0 aliphatic carbocycles. The Balaban J connectivity index is 2.18. The van der Waals surface area contributed by atoms with E-state index in [0.717, 1.165) is 5.56 Å². The van der Waals surface area contributed by atoms with Crippen molar-refractivity contribution in [2.24, 2.45) is 5.73 Å². The van der Waals surface area contributed by atoms with E-state index in [-0.39, 0.29) is 11.9 Å². The summed E-state index contributed by atoms with van der Waals surface area (Å²) in [4.78, 5) is 4.00. The monoisotopic (exact) mass is 250 g/mol. The number of aromatic nitrogens is 1. The number of nitrogens with two attached hydrogens (primary N) is 1. The average Bonchev–Trinajstić information content (AvgIpc) is 2.35. The van der Waals surface area contributed by atoms with E-state index < -0.39 is 0 Å². The van der Waals surface area contributed by atoms with E-state index in [1.165, 1.54) is 12.1 Å². The van der Waals surface area contributed by atoms with E-state index in [4.69, 9.17) is 17.3 Å². The summed E-state index contributed by atoms with van der Waals surface area (Å²) in [6.45, 7) is 0. The maximum Gasteiger partial charge on any atom is 0.123 e. The molecule has 0 aliphatic rings. The SMILES string of the molecule is NC(Cc1cc(F)ccc1Cl)c1cccnc1. The zero-order valence-electron chi connectivity index (χ0n) is 9.11. The molecule has 4 heteroatoms. The molecule has 0 amide bonds. The van der Waals surface area contributed by atoms with Gasteiger partial charge in [-0.2, -0.15) is 0 Å². The predicted octanol–water partition coefficient (Wildman–Crippen LogP) is 3.12. The maximum absolute atomic E-state index is 13.1. The van der Waals surface area contributed by atoms with Crippen LogP contribution in [0.4, 0.5) is 4.39 Å². The summed E-state index contributed by atoms with van der Waals surface area (Å²) >= 11 is 5.99. The van der Waals surface area contributed by atoms with Crippen molar-refractivity contribution in [2.75, 3.05) is 0 Å². The molecule has 2 rings (SSSR count). The molecule has 0 radical (unpaired) electrons. The molecule has 1 atom stereocenters. The highest BCUT2D eigenvalue weighted by molar-refractivity contribution is 6.31. The third-order valence-corrected chi connectivity index (χ3v) is 2.93. The van der Waals surface area contributed by atoms with Crippen LogP contribution in [-0.2, 0) is 6.42 Å². The van der Waals surface area contributed by atoms with Crippen LogP contribution in [0.5, 0.6) is 0 Å². The molecule has 1 aromatic heterocycles. The summed E-state index contributed by atoms with van der Waals surface area (Å²) in [5, 5.41) is 0.533. The van der Waals surface area contributed by atoms with Crippen molar-refractivity contribution in [1.29, 1.82) is 0 Å². The van der Waals surface area contributed by atoms with E-state index >= 15 is 0 Å². The quantitative estimate of drug-likeness (QED) is 0.909. The molecule has 0 bridgehead atoms. The zero-order chi connectivity index (χ0) is 12.3. The predicted molar refractivity (Wildman–Crippen MR) is 66.3 cm³/mol. The van der Waals surface area contributed by atoms with Gasteiger partial charge < -0.3 is 5.73 Å². The van der Waals surface area contributed by atoms with Gasteiger partial charge in [0.1, 0.15) is 5.82 Å². The molecule has 0 saturated carbocycles. The van der Waals surface area contributed by atoms with E-state index in [1.54, 1.807) is 18.5 Å². The summed E-state index contributed by atoms with van der Waals surface area (Å²) in [5.74, 6) is -0.303. The van der Waals surface area contributed by atoms with Crippen molar-refractivity contribution in [3.63, 3.8) is 0 Å². The second-order valence-corrected chi connectivity index (χ2v) is 4.24. The Bertz CT molecular complexity index is 502. The van der Waals surface area contributed by atoms with Crippen molar-refractivity contribution in [3.05, 3.63) is 64.7 Å². The van der Waals surface area contributed by atoms with Gasteiger partial charge in [-0.05, 0) is 41.8 Å². The topological polar surface area (TPSA) is 38.9 Å². The number of benzene rings is 1. The second-order valence-electron chi connectivity index (χ2n) is 3.83. The van der Waals surface area contributed by atoms with Crippen molar-refractivity contribution in [1.82, 2.24) is 4.98 Å². The van der Waals surface area contributed by atoms with Gasteiger partial charge in [-0.15, -0.1) is 0 Å². The highest BCUT2D eigenvalue weighted by Gasteiger charge is 2.10. The van der Waals surface area contributed by atoms with Crippen molar-refractivity contribution in [2.45, 2.75) is 12.5 Å². The summed E-state index contributed by atoms with van der Waals surface area (Å²) in [7, 11) is 0. The van der Waals surface area contributed by atoms with E-state index in [0.29, 0.717) is 17.0 Å².